The van der Waals surface area contributed by atoms with E-state index in [0.29, 0.717) is 24.2 Å². The van der Waals surface area contributed by atoms with Crippen LogP contribution in [0.4, 0.5) is 18.9 Å². The van der Waals surface area contributed by atoms with Gasteiger partial charge in [0.2, 0.25) is 0 Å². The molecule has 4 unspecified atom stereocenters. The third kappa shape index (κ3) is 5.05. The molecule has 0 bridgehead atoms. The number of aliphatic hydroxyl groups excluding tert-OH is 2. The molecule has 4 aliphatic rings. The number of aliphatic hydroxyl groups is 2. The van der Waals surface area contributed by atoms with E-state index >= 15 is 0 Å². The molecule has 5 N–H and O–H groups in total. The second kappa shape index (κ2) is 10.8. The van der Waals surface area contributed by atoms with Gasteiger partial charge in [-0.25, -0.2) is 0 Å². The topological polar surface area (TPSA) is 148 Å². The highest BCUT2D eigenvalue weighted by Crippen LogP contribution is 2.52. The molecule has 5 atom stereocenters. The summed E-state index contributed by atoms with van der Waals surface area (Å²) in [5, 5.41) is 33.8. The van der Waals surface area contributed by atoms with E-state index in [1.165, 1.54) is 0 Å². The van der Waals surface area contributed by atoms with Crippen LogP contribution in [0.5, 0.6) is 5.75 Å². The van der Waals surface area contributed by atoms with Crippen molar-refractivity contribution in [3.8, 4) is 5.75 Å². The number of ketones is 2. The van der Waals surface area contributed by atoms with Crippen molar-refractivity contribution < 1.29 is 42.9 Å². The zero-order valence-corrected chi connectivity index (χ0v) is 24.5. The second-order valence-electron chi connectivity index (χ2n) is 12.6. The first kappa shape index (κ1) is 30.9. The van der Waals surface area contributed by atoms with Gasteiger partial charge in [0.05, 0.1) is 23.4 Å². The monoisotopic (exact) mass is 606 g/mol. The van der Waals surface area contributed by atoms with Gasteiger partial charge in [-0.1, -0.05) is 0 Å². The van der Waals surface area contributed by atoms with Gasteiger partial charge < -0.3 is 26.0 Å². The standard InChI is InChI=1S/C30H37F3N4O6/c1-35(2)18-10-14(11-37-7-5-6-15(12-37)30(31,32)33)24(38)20-16(18)8-13-9-17-21(26(40)19(13)25(20)39)27(41)22(29(34)43)28(42)23(17)36(3)4/h10,13,15,17,21,23,38,40,42H,5-9,11-12H2,1-4H3,(H2,34,43)/t13?,15?,17?,21?,23-/m0/s1. The second-order valence-corrected chi connectivity index (χ2v) is 12.6. The number of benzene rings is 1. The van der Waals surface area contributed by atoms with Crippen LogP contribution in [0, 0.1) is 23.7 Å². The molecule has 0 spiro atoms. The van der Waals surface area contributed by atoms with E-state index in [9.17, 15) is 42.9 Å². The van der Waals surface area contributed by atoms with Crippen LogP contribution in [-0.4, -0.2) is 96.1 Å². The average Bonchev–Trinajstić information content (AvgIpc) is 2.88. The number of anilines is 1. The first-order valence-electron chi connectivity index (χ1n) is 14.3. The lowest BCUT2D eigenvalue weighted by Crippen LogP contribution is -2.53. The molecule has 1 saturated heterocycles. The highest BCUT2D eigenvalue weighted by molar-refractivity contribution is 6.22. The van der Waals surface area contributed by atoms with Crippen molar-refractivity contribution in [3.05, 3.63) is 45.4 Å². The number of fused-ring (bicyclic) bond motifs is 3. The number of carbonyl (C=O) groups is 3. The van der Waals surface area contributed by atoms with Crippen molar-refractivity contribution in [1.82, 2.24) is 9.80 Å². The number of amides is 1. The summed E-state index contributed by atoms with van der Waals surface area (Å²) in [5.74, 6) is -8.03. The van der Waals surface area contributed by atoms with Crippen LogP contribution in [0.2, 0.25) is 0 Å². The molecule has 10 nitrogen and oxygen atoms in total. The van der Waals surface area contributed by atoms with Gasteiger partial charge in [-0.2, -0.15) is 13.2 Å². The number of piperidine rings is 1. The summed E-state index contributed by atoms with van der Waals surface area (Å²) in [6.45, 7) is 0.178. The van der Waals surface area contributed by atoms with Crippen LogP contribution in [0.25, 0.3) is 0 Å². The molecule has 1 heterocycles. The van der Waals surface area contributed by atoms with Crippen LogP contribution in [0.3, 0.4) is 0 Å². The molecule has 0 aromatic heterocycles. The van der Waals surface area contributed by atoms with E-state index in [0.717, 1.165) is 0 Å². The molecule has 0 radical (unpaired) electrons. The number of nitrogens with two attached hydrogens (primary N) is 1. The fourth-order valence-corrected chi connectivity index (χ4v) is 7.60. The number of likely N-dealkylation sites (N-methyl/N-ethyl adjacent to an activating group) is 1. The predicted molar refractivity (Wildman–Crippen MR) is 151 cm³/mol. The van der Waals surface area contributed by atoms with Crippen molar-refractivity contribution in [1.29, 1.82) is 0 Å². The van der Waals surface area contributed by atoms with Gasteiger partial charge in [0.15, 0.2) is 11.6 Å². The lowest BCUT2D eigenvalue weighted by atomic mass is 9.60. The van der Waals surface area contributed by atoms with Gasteiger partial charge in [-0.15, -0.1) is 0 Å². The number of hydrogen-bond acceptors (Lipinski definition) is 9. The molecule has 1 fully saturated rings. The van der Waals surface area contributed by atoms with E-state index in [2.05, 4.69) is 0 Å². The van der Waals surface area contributed by atoms with Crippen molar-refractivity contribution >= 4 is 23.2 Å². The summed E-state index contributed by atoms with van der Waals surface area (Å²) in [7, 11) is 6.84. The Balaban J connectivity index is 1.59. The number of phenolic OH excluding ortho intramolecular Hbond substituents is 1. The lowest BCUT2D eigenvalue weighted by molar-refractivity contribution is -0.187. The number of alkyl halides is 3. The van der Waals surface area contributed by atoms with Crippen LogP contribution >= 0.6 is 0 Å². The number of allylic oxidation sites excluding steroid dienone is 2. The molecular weight excluding hydrogens is 569 g/mol. The van der Waals surface area contributed by atoms with Crippen molar-refractivity contribution in [2.75, 3.05) is 46.2 Å². The minimum atomic E-state index is -4.33. The van der Waals surface area contributed by atoms with Crippen molar-refractivity contribution in [3.63, 3.8) is 0 Å². The van der Waals surface area contributed by atoms with Gasteiger partial charge in [-0.05, 0) is 69.8 Å². The Kier molecular flexibility index (Phi) is 7.79. The van der Waals surface area contributed by atoms with E-state index < -0.39 is 70.5 Å². The molecule has 1 aliphatic heterocycles. The third-order valence-electron chi connectivity index (χ3n) is 9.47. The molecule has 0 saturated carbocycles. The molecular formula is C30H37F3N4O6. The minimum absolute atomic E-state index is 0.00594. The summed E-state index contributed by atoms with van der Waals surface area (Å²) in [6.07, 6.45) is -3.50. The van der Waals surface area contributed by atoms with Gasteiger partial charge in [0.25, 0.3) is 5.91 Å². The maximum atomic E-state index is 14.1. The zero-order chi connectivity index (χ0) is 31.7. The number of rotatable bonds is 5. The van der Waals surface area contributed by atoms with Crippen LogP contribution < -0.4 is 10.6 Å². The normalized spacial score (nSPS) is 28.1. The van der Waals surface area contributed by atoms with Gasteiger partial charge in [0, 0.05) is 44.0 Å². The van der Waals surface area contributed by atoms with Gasteiger partial charge >= 0.3 is 6.18 Å². The third-order valence-corrected chi connectivity index (χ3v) is 9.47. The molecule has 1 aromatic rings. The number of carbonyl (C=O) groups excluding carboxylic acids is 3. The number of primary amides is 1. The number of Topliss-reactive ketones (excluding diaryl/α,β-unsaturated/α-hetero) is 2. The van der Waals surface area contributed by atoms with E-state index in [-0.39, 0.29) is 54.8 Å². The Morgan fingerprint density at radius 2 is 1.79 bits per heavy atom. The Hall–Kier alpha value is -3.58. The molecule has 3 aliphatic carbocycles. The highest BCUT2D eigenvalue weighted by atomic mass is 19.4. The predicted octanol–water partition coefficient (Wildman–Crippen LogP) is 2.85. The molecule has 13 heteroatoms. The fraction of sp³-hybridized carbons (Fsp3) is 0.567. The van der Waals surface area contributed by atoms with E-state index in [1.807, 2.05) is 0 Å². The summed E-state index contributed by atoms with van der Waals surface area (Å²) in [5.41, 5.74) is 6.15. The summed E-state index contributed by atoms with van der Waals surface area (Å²) >= 11 is 0. The summed E-state index contributed by atoms with van der Waals surface area (Å²) in [6, 6.07) is 0.874. The van der Waals surface area contributed by atoms with Gasteiger partial charge in [0.1, 0.15) is 22.8 Å². The highest BCUT2D eigenvalue weighted by Gasteiger charge is 2.54. The SMILES string of the molecule is CN(C)c1cc(CN2CCCC(C(F)(F)F)C2)c(O)c2c1CC1CC3C(C(=O)C(C(N)=O)=C(O)[C@H]3N(C)C)C(O)=C1C2=O. The van der Waals surface area contributed by atoms with Crippen LogP contribution in [0.1, 0.15) is 40.7 Å². The maximum absolute atomic E-state index is 14.1. The zero-order valence-electron chi connectivity index (χ0n) is 24.5. The minimum Gasteiger partial charge on any atom is -0.511 e. The Bertz CT molecular complexity index is 1450. The number of hydrogen-bond donors (Lipinski definition) is 4. The summed E-state index contributed by atoms with van der Waals surface area (Å²) in [4.78, 5) is 44.7. The largest absolute Gasteiger partial charge is 0.511 e. The number of aromatic hydroxyl groups is 1. The number of nitrogens with zero attached hydrogens (tertiary/aromatic N) is 3. The van der Waals surface area contributed by atoms with E-state index in [1.54, 1.807) is 49.0 Å². The quantitative estimate of drug-likeness (QED) is 0.372. The molecule has 1 aromatic carbocycles. The Morgan fingerprint density at radius 3 is 2.37 bits per heavy atom. The first-order valence-corrected chi connectivity index (χ1v) is 14.3. The maximum Gasteiger partial charge on any atom is 0.393 e. The number of likely N-dealkylation sites (tertiary alicyclic amines) is 1. The van der Waals surface area contributed by atoms with Crippen LogP contribution in [0.15, 0.2) is 28.7 Å². The summed E-state index contributed by atoms with van der Waals surface area (Å²) < 4.78 is 40.4. The molecule has 234 valence electrons. The molecule has 1 amide bonds. The van der Waals surface area contributed by atoms with Gasteiger partial charge in [-0.3, -0.25) is 24.2 Å². The van der Waals surface area contributed by atoms with Crippen molar-refractivity contribution in [2.24, 2.45) is 29.4 Å². The Labute approximate surface area is 247 Å². The number of halogens is 3. The Morgan fingerprint density at radius 1 is 1.12 bits per heavy atom. The smallest absolute Gasteiger partial charge is 0.393 e. The average molecular weight is 607 g/mol. The lowest BCUT2D eigenvalue weighted by Gasteiger charge is -2.46. The van der Waals surface area contributed by atoms with E-state index in [4.69, 9.17) is 5.73 Å². The molecule has 43 heavy (non-hydrogen) atoms. The first-order chi connectivity index (χ1) is 20.0. The van der Waals surface area contributed by atoms with Crippen molar-refractivity contribution in [2.45, 2.75) is 44.4 Å². The molecule has 5 rings (SSSR count). The fourth-order valence-electron chi connectivity index (χ4n) is 7.60. The van der Waals surface area contributed by atoms with Crippen LogP contribution in [-0.2, 0) is 22.6 Å². The number of phenols is 1.